The third-order valence-electron chi connectivity index (χ3n) is 4.09. The van der Waals surface area contributed by atoms with Gasteiger partial charge in [0.2, 0.25) is 5.91 Å². The summed E-state index contributed by atoms with van der Waals surface area (Å²) in [5.74, 6) is -1.44. The Morgan fingerprint density at radius 2 is 1.75 bits per heavy atom. The molecule has 2 N–H and O–H groups in total. The maximum atomic E-state index is 12.3. The Labute approximate surface area is 116 Å². The van der Waals surface area contributed by atoms with Gasteiger partial charge in [-0.3, -0.25) is 9.59 Å². The van der Waals surface area contributed by atoms with Gasteiger partial charge < -0.3 is 10.4 Å². The van der Waals surface area contributed by atoms with Crippen LogP contribution in [0.15, 0.2) is 42.5 Å². The summed E-state index contributed by atoms with van der Waals surface area (Å²) >= 11 is 0. The highest BCUT2D eigenvalue weighted by Gasteiger charge is 2.51. The third kappa shape index (κ3) is 1.84. The second-order valence-corrected chi connectivity index (χ2v) is 5.22. The van der Waals surface area contributed by atoms with Gasteiger partial charge in [0, 0.05) is 11.1 Å². The molecule has 20 heavy (non-hydrogen) atoms. The fourth-order valence-corrected chi connectivity index (χ4v) is 2.64. The van der Waals surface area contributed by atoms with Crippen LogP contribution in [0.25, 0.3) is 10.8 Å². The molecule has 1 aliphatic carbocycles. The highest BCUT2D eigenvalue weighted by molar-refractivity contribution is 6.12. The topological polar surface area (TPSA) is 66.4 Å². The summed E-state index contributed by atoms with van der Waals surface area (Å²) < 4.78 is 0. The first-order valence-corrected chi connectivity index (χ1v) is 6.66. The van der Waals surface area contributed by atoms with Crippen LogP contribution in [-0.4, -0.2) is 17.0 Å². The van der Waals surface area contributed by atoms with E-state index >= 15 is 0 Å². The van der Waals surface area contributed by atoms with Crippen LogP contribution in [0.3, 0.4) is 0 Å². The van der Waals surface area contributed by atoms with Crippen molar-refractivity contribution in [3.05, 3.63) is 42.5 Å². The van der Waals surface area contributed by atoms with Crippen molar-refractivity contribution in [1.29, 1.82) is 0 Å². The number of carboxylic acids is 1. The van der Waals surface area contributed by atoms with Gasteiger partial charge in [0.15, 0.2) is 0 Å². The summed E-state index contributed by atoms with van der Waals surface area (Å²) in [5.41, 5.74) is -0.572. The maximum Gasteiger partial charge on any atom is 0.319 e. The lowest BCUT2D eigenvalue weighted by molar-refractivity contribution is -0.159. The van der Waals surface area contributed by atoms with Crippen LogP contribution in [0, 0.1) is 5.41 Å². The van der Waals surface area contributed by atoms with Crippen molar-refractivity contribution < 1.29 is 14.7 Å². The third-order valence-corrected chi connectivity index (χ3v) is 4.09. The van der Waals surface area contributed by atoms with E-state index in [0.29, 0.717) is 18.5 Å². The lowest BCUT2D eigenvalue weighted by atomic mass is 9.68. The highest BCUT2D eigenvalue weighted by atomic mass is 16.4. The second kappa shape index (κ2) is 4.63. The standard InChI is InChI=1S/C16H15NO3/c18-14(16(15(19)20)9-4-10-16)17-13-8-3-6-11-5-1-2-7-12(11)13/h1-3,5-8H,4,9-10H2,(H,17,18)(H,19,20). The van der Waals surface area contributed by atoms with E-state index in [-0.39, 0.29) is 0 Å². The molecule has 0 heterocycles. The molecule has 1 saturated carbocycles. The largest absolute Gasteiger partial charge is 0.480 e. The number of nitrogens with one attached hydrogen (secondary N) is 1. The van der Waals surface area contributed by atoms with E-state index in [1.165, 1.54) is 0 Å². The Morgan fingerprint density at radius 3 is 2.40 bits per heavy atom. The number of hydrogen-bond donors (Lipinski definition) is 2. The van der Waals surface area contributed by atoms with E-state index in [1.807, 2.05) is 36.4 Å². The Bertz CT molecular complexity index is 684. The van der Waals surface area contributed by atoms with Crippen LogP contribution < -0.4 is 5.32 Å². The average molecular weight is 269 g/mol. The summed E-state index contributed by atoms with van der Waals surface area (Å²) in [7, 11) is 0. The normalized spacial score (nSPS) is 16.4. The van der Waals surface area contributed by atoms with Crippen molar-refractivity contribution >= 4 is 28.3 Å². The molecule has 1 aliphatic rings. The van der Waals surface area contributed by atoms with Crippen molar-refractivity contribution in [2.24, 2.45) is 5.41 Å². The molecular formula is C16H15NO3. The molecule has 2 aromatic rings. The molecule has 0 radical (unpaired) electrons. The number of amides is 1. The molecule has 3 rings (SSSR count). The summed E-state index contributed by atoms with van der Waals surface area (Å²) in [4.78, 5) is 23.6. The molecule has 0 aromatic heterocycles. The smallest absolute Gasteiger partial charge is 0.319 e. The lowest BCUT2D eigenvalue weighted by Crippen LogP contribution is -2.48. The minimum absolute atomic E-state index is 0.410. The number of rotatable bonds is 3. The van der Waals surface area contributed by atoms with Crippen LogP contribution in [0.4, 0.5) is 5.69 Å². The first kappa shape index (κ1) is 12.7. The number of carboxylic acid groups (broad SMARTS) is 1. The van der Waals surface area contributed by atoms with Crippen LogP contribution in [0.1, 0.15) is 19.3 Å². The molecule has 4 heteroatoms. The summed E-state index contributed by atoms with van der Waals surface area (Å²) in [5, 5.41) is 14.0. The predicted molar refractivity (Wildman–Crippen MR) is 76.5 cm³/mol. The first-order valence-electron chi connectivity index (χ1n) is 6.66. The zero-order chi connectivity index (χ0) is 14.2. The molecule has 2 aromatic carbocycles. The Hall–Kier alpha value is -2.36. The van der Waals surface area contributed by atoms with E-state index in [0.717, 1.165) is 17.2 Å². The van der Waals surface area contributed by atoms with Crippen LogP contribution in [0.5, 0.6) is 0 Å². The molecule has 1 fully saturated rings. The number of anilines is 1. The van der Waals surface area contributed by atoms with Crippen LogP contribution in [0.2, 0.25) is 0 Å². The van der Waals surface area contributed by atoms with Crippen molar-refractivity contribution in [1.82, 2.24) is 0 Å². The minimum Gasteiger partial charge on any atom is -0.480 e. The predicted octanol–water partition coefficient (Wildman–Crippen LogP) is 3.03. The van der Waals surface area contributed by atoms with E-state index in [4.69, 9.17) is 0 Å². The first-order chi connectivity index (χ1) is 9.63. The SMILES string of the molecule is O=C(O)C1(C(=O)Nc2cccc3ccccc23)CCC1. The Morgan fingerprint density at radius 1 is 1.05 bits per heavy atom. The summed E-state index contributed by atoms with van der Waals surface area (Å²) in [6, 6.07) is 13.3. The van der Waals surface area contributed by atoms with Gasteiger partial charge >= 0.3 is 5.97 Å². The molecule has 0 unspecified atom stereocenters. The number of hydrogen-bond acceptors (Lipinski definition) is 2. The molecule has 0 spiro atoms. The monoisotopic (exact) mass is 269 g/mol. The van der Waals surface area contributed by atoms with Gasteiger partial charge in [-0.05, 0) is 24.3 Å². The molecule has 0 aliphatic heterocycles. The van der Waals surface area contributed by atoms with Gasteiger partial charge in [0.05, 0.1) is 0 Å². The number of carbonyl (C=O) groups excluding carboxylic acids is 1. The Balaban J connectivity index is 1.94. The summed E-state index contributed by atoms with van der Waals surface area (Å²) in [6.07, 6.45) is 1.62. The van der Waals surface area contributed by atoms with Gasteiger partial charge in [-0.2, -0.15) is 0 Å². The molecule has 4 nitrogen and oxygen atoms in total. The van der Waals surface area contributed by atoms with Gasteiger partial charge in [-0.25, -0.2) is 0 Å². The zero-order valence-corrected chi connectivity index (χ0v) is 10.9. The van der Waals surface area contributed by atoms with E-state index in [9.17, 15) is 14.7 Å². The van der Waals surface area contributed by atoms with Gasteiger partial charge in [-0.15, -0.1) is 0 Å². The van der Waals surface area contributed by atoms with Crippen LogP contribution >= 0.6 is 0 Å². The van der Waals surface area contributed by atoms with Crippen LogP contribution in [-0.2, 0) is 9.59 Å². The number of carbonyl (C=O) groups is 2. The average Bonchev–Trinajstić information content (AvgIpc) is 2.37. The minimum atomic E-state index is -1.24. The molecule has 0 saturated heterocycles. The number of fused-ring (bicyclic) bond motifs is 1. The van der Waals surface area contributed by atoms with Crippen molar-refractivity contribution in [2.75, 3.05) is 5.32 Å². The molecular weight excluding hydrogens is 254 g/mol. The zero-order valence-electron chi connectivity index (χ0n) is 10.9. The number of benzene rings is 2. The van der Waals surface area contributed by atoms with Gasteiger partial charge in [0.25, 0.3) is 0 Å². The molecule has 1 amide bonds. The fraction of sp³-hybridized carbons (Fsp3) is 0.250. The lowest BCUT2D eigenvalue weighted by Gasteiger charge is -2.35. The van der Waals surface area contributed by atoms with Crippen molar-refractivity contribution in [3.8, 4) is 0 Å². The maximum absolute atomic E-state index is 12.3. The van der Waals surface area contributed by atoms with Crippen molar-refractivity contribution in [2.45, 2.75) is 19.3 Å². The van der Waals surface area contributed by atoms with Crippen molar-refractivity contribution in [3.63, 3.8) is 0 Å². The quantitative estimate of drug-likeness (QED) is 0.842. The molecule has 0 bridgehead atoms. The number of aliphatic carboxylic acids is 1. The van der Waals surface area contributed by atoms with E-state index in [2.05, 4.69) is 5.32 Å². The fourth-order valence-electron chi connectivity index (χ4n) is 2.64. The highest BCUT2D eigenvalue weighted by Crippen LogP contribution is 2.42. The molecule has 102 valence electrons. The Kier molecular flexibility index (Phi) is 2.93. The molecule has 0 atom stereocenters. The van der Waals surface area contributed by atoms with Gasteiger partial charge in [0.1, 0.15) is 5.41 Å². The summed E-state index contributed by atoms with van der Waals surface area (Å²) in [6.45, 7) is 0. The van der Waals surface area contributed by atoms with E-state index in [1.54, 1.807) is 6.07 Å². The second-order valence-electron chi connectivity index (χ2n) is 5.22. The van der Waals surface area contributed by atoms with Gasteiger partial charge in [-0.1, -0.05) is 42.8 Å². The van der Waals surface area contributed by atoms with E-state index < -0.39 is 17.3 Å².